The van der Waals surface area contributed by atoms with Crippen LogP contribution < -0.4 is 9.47 Å². The van der Waals surface area contributed by atoms with E-state index >= 15 is 0 Å². The Balaban J connectivity index is 1.58. The molecule has 3 rings (SSSR count). The van der Waals surface area contributed by atoms with Gasteiger partial charge in [-0.05, 0) is 49.9 Å². The first-order valence-corrected chi connectivity index (χ1v) is 9.43. The summed E-state index contributed by atoms with van der Waals surface area (Å²) < 4.78 is 10.9. The van der Waals surface area contributed by atoms with Crippen molar-refractivity contribution in [3.8, 4) is 11.5 Å². The molecule has 1 aromatic rings. The molecule has 1 amide bonds. The maximum Gasteiger partial charge on any atom is 0.231 e. The molecule has 2 aliphatic rings. The smallest absolute Gasteiger partial charge is 0.231 e. The molecular weight excluding hydrogens is 332 g/mol. The number of ether oxygens (including phenoxy) is 2. The van der Waals surface area contributed by atoms with Crippen LogP contribution in [0.25, 0.3) is 0 Å². The van der Waals surface area contributed by atoms with Crippen LogP contribution in [0.2, 0.25) is 0 Å². The number of hydrogen-bond acceptors (Lipinski definition) is 5. The Hall–Kier alpha value is -2.08. The molecule has 0 spiro atoms. The van der Waals surface area contributed by atoms with Gasteiger partial charge in [-0.2, -0.15) is 0 Å². The van der Waals surface area contributed by atoms with Crippen LogP contribution in [0.4, 0.5) is 0 Å². The molecule has 2 unspecified atom stereocenters. The second-order valence-electron chi connectivity index (χ2n) is 7.17. The fraction of sp³-hybridized carbons (Fsp3) is 0.600. The van der Waals surface area contributed by atoms with E-state index in [0.29, 0.717) is 38.3 Å². The van der Waals surface area contributed by atoms with Crippen LogP contribution in [0.1, 0.15) is 44.6 Å². The lowest BCUT2D eigenvalue weighted by Gasteiger charge is -2.25. The summed E-state index contributed by atoms with van der Waals surface area (Å²) in [6.45, 7) is 7.29. The third-order valence-electron chi connectivity index (χ3n) is 5.45. The molecule has 0 saturated carbocycles. The number of nitrogens with zero attached hydrogens (tertiary/aromatic N) is 2. The molecule has 1 saturated heterocycles. The van der Waals surface area contributed by atoms with Crippen LogP contribution in [-0.2, 0) is 9.59 Å². The molecule has 0 aliphatic carbocycles. The van der Waals surface area contributed by atoms with Crippen molar-refractivity contribution < 1.29 is 19.1 Å². The number of rotatable bonds is 9. The van der Waals surface area contributed by atoms with Crippen LogP contribution in [0.15, 0.2) is 18.2 Å². The predicted octanol–water partition coefficient (Wildman–Crippen LogP) is 2.42. The van der Waals surface area contributed by atoms with Crippen molar-refractivity contribution in [2.45, 2.75) is 45.1 Å². The number of ketones is 1. The second kappa shape index (κ2) is 8.54. The summed E-state index contributed by atoms with van der Waals surface area (Å²) in [5.41, 5.74) is 1.29. The predicted molar refractivity (Wildman–Crippen MR) is 98.5 cm³/mol. The van der Waals surface area contributed by atoms with Gasteiger partial charge in [-0.15, -0.1) is 0 Å². The molecule has 2 aliphatic heterocycles. The van der Waals surface area contributed by atoms with E-state index in [2.05, 4.69) is 24.0 Å². The molecule has 0 aromatic heterocycles. The van der Waals surface area contributed by atoms with Crippen LogP contribution in [0.3, 0.4) is 0 Å². The number of fused-ring (bicyclic) bond motifs is 1. The monoisotopic (exact) mass is 360 g/mol. The standard InChI is InChI=1S/C20H28N2O4/c1-3-22-12-17(16-4-5-19-20(11-16)26-14-25-19)10-18(22)7-9-21(13-23)8-6-15(2)24/h4-5,11,13,17-18H,3,6-10,12,14H2,1-2H3. The summed E-state index contributed by atoms with van der Waals surface area (Å²) in [5, 5.41) is 0. The first kappa shape index (κ1) is 18.7. The van der Waals surface area contributed by atoms with E-state index in [1.165, 1.54) is 5.56 Å². The van der Waals surface area contributed by atoms with Crippen molar-refractivity contribution in [3.63, 3.8) is 0 Å². The lowest BCUT2D eigenvalue weighted by atomic mass is 9.95. The Bertz CT molecular complexity index is 649. The second-order valence-corrected chi connectivity index (χ2v) is 7.17. The number of benzene rings is 1. The minimum Gasteiger partial charge on any atom is -0.454 e. The molecule has 0 N–H and O–H groups in total. The highest BCUT2D eigenvalue weighted by Gasteiger charge is 2.32. The average Bonchev–Trinajstić information content (AvgIpc) is 3.27. The molecule has 0 bridgehead atoms. The van der Waals surface area contributed by atoms with Crippen molar-refractivity contribution in [1.82, 2.24) is 9.80 Å². The maximum atomic E-state index is 11.2. The molecule has 1 fully saturated rings. The summed E-state index contributed by atoms with van der Waals surface area (Å²) in [6, 6.07) is 6.69. The Morgan fingerprint density at radius 2 is 2.12 bits per heavy atom. The van der Waals surface area contributed by atoms with Crippen molar-refractivity contribution in [2.75, 3.05) is 33.0 Å². The van der Waals surface area contributed by atoms with Gasteiger partial charge in [-0.3, -0.25) is 14.5 Å². The van der Waals surface area contributed by atoms with E-state index in [0.717, 1.165) is 43.8 Å². The Morgan fingerprint density at radius 3 is 2.85 bits per heavy atom. The number of Topliss-reactive ketones (excluding diaryl/α,β-unsaturated/α-hetero) is 1. The molecule has 2 heterocycles. The van der Waals surface area contributed by atoms with Gasteiger partial charge in [0.2, 0.25) is 13.2 Å². The van der Waals surface area contributed by atoms with E-state index < -0.39 is 0 Å². The fourth-order valence-electron chi connectivity index (χ4n) is 3.91. The summed E-state index contributed by atoms with van der Waals surface area (Å²) in [6.07, 6.45) is 3.31. The molecule has 26 heavy (non-hydrogen) atoms. The zero-order valence-corrected chi connectivity index (χ0v) is 15.6. The summed E-state index contributed by atoms with van der Waals surface area (Å²) in [7, 11) is 0. The van der Waals surface area contributed by atoms with Crippen LogP contribution in [0, 0.1) is 0 Å². The number of likely N-dealkylation sites (N-methyl/N-ethyl adjacent to an activating group) is 1. The molecule has 1 aromatic carbocycles. The lowest BCUT2D eigenvalue weighted by Crippen LogP contribution is -2.34. The van der Waals surface area contributed by atoms with Crippen molar-refractivity contribution in [3.05, 3.63) is 23.8 Å². The summed E-state index contributed by atoms with van der Waals surface area (Å²) >= 11 is 0. The van der Waals surface area contributed by atoms with Crippen LogP contribution >= 0.6 is 0 Å². The molecule has 0 radical (unpaired) electrons. The van der Waals surface area contributed by atoms with Gasteiger partial charge in [-0.25, -0.2) is 0 Å². The van der Waals surface area contributed by atoms with Crippen molar-refractivity contribution in [1.29, 1.82) is 0 Å². The van der Waals surface area contributed by atoms with Crippen LogP contribution in [0.5, 0.6) is 11.5 Å². The molecule has 6 heteroatoms. The number of amides is 1. The maximum absolute atomic E-state index is 11.2. The zero-order valence-electron chi connectivity index (χ0n) is 15.6. The molecular formula is C20H28N2O4. The highest BCUT2D eigenvalue weighted by molar-refractivity contribution is 5.75. The molecule has 6 nitrogen and oxygen atoms in total. The number of hydrogen-bond donors (Lipinski definition) is 0. The third kappa shape index (κ3) is 4.36. The van der Waals surface area contributed by atoms with E-state index in [1.807, 2.05) is 6.07 Å². The molecule has 142 valence electrons. The fourth-order valence-corrected chi connectivity index (χ4v) is 3.91. The van der Waals surface area contributed by atoms with E-state index in [-0.39, 0.29) is 5.78 Å². The van der Waals surface area contributed by atoms with Gasteiger partial charge < -0.3 is 14.4 Å². The van der Waals surface area contributed by atoms with Gasteiger partial charge in [0, 0.05) is 32.1 Å². The highest BCUT2D eigenvalue weighted by atomic mass is 16.7. The van der Waals surface area contributed by atoms with E-state index in [4.69, 9.17) is 9.47 Å². The Kier molecular flexibility index (Phi) is 6.14. The first-order valence-electron chi connectivity index (χ1n) is 9.43. The van der Waals surface area contributed by atoms with Gasteiger partial charge in [0.1, 0.15) is 5.78 Å². The Morgan fingerprint density at radius 1 is 1.31 bits per heavy atom. The number of carbonyl (C=O) groups excluding carboxylic acids is 2. The number of carbonyl (C=O) groups is 2. The highest BCUT2D eigenvalue weighted by Crippen LogP contribution is 2.39. The lowest BCUT2D eigenvalue weighted by molar-refractivity contribution is -0.120. The average molecular weight is 360 g/mol. The zero-order chi connectivity index (χ0) is 18.5. The first-order chi connectivity index (χ1) is 12.6. The SMILES string of the molecule is CCN1CC(c2ccc3c(c2)OCO3)CC1CCN(C=O)CCC(C)=O. The van der Waals surface area contributed by atoms with Gasteiger partial charge >= 0.3 is 0 Å². The topological polar surface area (TPSA) is 59.1 Å². The third-order valence-corrected chi connectivity index (χ3v) is 5.45. The van der Waals surface area contributed by atoms with Crippen LogP contribution in [-0.4, -0.2) is 61.0 Å². The Labute approximate surface area is 155 Å². The summed E-state index contributed by atoms with van der Waals surface area (Å²) in [4.78, 5) is 26.6. The van der Waals surface area contributed by atoms with Crippen molar-refractivity contribution in [2.24, 2.45) is 0 Å². The molecule has 2 atom stereocenters. The minimum absolute atomic E-state index is 0.121. The van der Waals surface area contributed by atoms with Crippen molar-refractivity contribution >= 4 is 12.2 Å². The van der Waals surface area contributed by atoms with Gasteiger partial charge in [0.15, 0.2) is 11.5 Å². The van der Waals surface area contributed by atoms with E-state index in [1.54, 1.807) is 11.8 Å². The summed E-state index contributed by atoms with van der Waals surface area (Å²) in [5.74, 6) is 2.25. The largest absolute Gasteiger partial charge is 0.454 e. The normalized spacial score (nSPS) is 21.8. The van der Waals surface area contributed by atoms with Gasteiger partial charge in [0.25, 0.3) is 0 Å². The number of likely N-dealkylation sites (tertiary alicyclic amines) is 1. The minimum atomic E-state index is 0.121. The van der Waals surface area contributed by atoms with Gasteiger partial charge in [-0.1, -0.05) is 13.0 Å². The van der Waals surface area contributed by atoms with E-state index in [9.17, 15) is 9.59 Å². The van der Waals surface area contributed by atoms with Gasteiger partial charge in [0.05, 0.1) is 0 Å². The quantitative estimate of drug-likeness (QED) is 0.633.